The molecule has 0 bridgehead atoms. The normalized spacial score (nSPS) is 14.2. The molecule has 2 rings (SSSR count). The Bertz CT molecular complexity index is 557. The molecule has 2 unspecified atom stereocenters. The lowest BCUT2D eigenvalue weighted by atomic mass is 10.0. The van der Waals surface area contributed by atoms with Gasteiger partial charge in [-0.1, -0.05) is 62.7 Å². The first kappa shape index (κ1) is 16.1. The van der Waals surface area contributed by atoms with Gasteiger partial charge in [-0.2, -0.15) is 0 Å². The Labute approximate surface area is 133 Å². The molecule has 0 aliphatic rings. The van der Waals surface area contributed by atoms with Crippen molar-refractivity contribution in [2.45, 2.75) is 49.8 Å². The third kappa shape index (κ3) is 4.36. The van der Waals surface area contributed by atoms with Crippen molar-refractivity contribution in [1.29, 1.82) is 0 Å². The number of benzene rings is 2. The quantitative estimate of drug-likeness (QED) is 0.758. The van der Waals surface area contributed by atoms with Crippen LogP contribution in [0.4, 0.5) is 0 Å². The van der Waals surface area contributed by atoms with Gasteiger partial charge in [0.2, 0.25) is 0 Å². The maximum Gasteiger partial charge on any atom is 0.0416 e. The van der Waals surface area contributed by atoms with Crippen LogP contribution in [-0.2, 0) is 0 Å². The van der Waals surface area contributed by atoms with E-state index >= 15 is 0 Å². The van der Waals surface area contributed by atoms with Crippen LogP contribution in [0.15, 0.2) is 53.4 Å². The van der Waals surface area contributed by atoms with Crippen molar-refractivity contribution in [3.05, 3.63) is 65.2 Å². The van der Waals surface area contributed by atoms with Crippen LogP contribution in [0.25, 0.3) is 0 Å². The number of aryl methyl sites for hydroxylation is 1. The predicted molar refractivity (Wildman–Crippen MR) is 94.0 cm³/mol. The van der Waals surface area contributed by atoms with Gasteiger partial charge in [-0.3, -0.25) is 0 Å². The largest absolute Gasteiger partial charge is 0.323 e. The Morgan fingerprint density at radius 2 is 1.33 bits per heavy atom. The van der Waals surface area contributed by atoms with E-state index in [-0.39, 0.29) is 6.04 Å². The molecule has 2 aromatic rings. The molecule has 112 valence electrons. The maximum atomic E-state index is 6.39. The molecule has 1 nitrogen and oxygen atoms in total. The number of nitrogens with two attached hydrogens (primary N) is 1. The molecule has 0 aliphatic carbocycles. The van der Waals surface area contributed by atoms with Gasteiger partial charge in [0.1, 0.15) is 0 Å². The molecular formula is C19H25NS. The van der Waals surface area contributed by atoms with Gasteiger partial charge >= 0.3 is 0 Å². The Balaban J connectivity index is 2.03. The van der Waals surface area contributed by atoms with E-state index in [0.717, 1.165) is 0 Å². The highest BCUT2D eigenvalue weighted by Crippen LogP contribution is 2.31. The molecule has 21 heavy (non-hydrogen) atoms. The summed E-state index contributed by atoms with van der Waals surface area (Å²) in [5.41, 5.74) is 10.3. The third-order valence-corrected chi connectivity index (χ3v) is 5.05. The summed E-state index contributed by atoms with van der Waals surface area (Å²) in [4.78, 5) is 1.29. The van der Waals surface area contributed by atoms with E-state index in [0.29, 0.717) is 11.2 Å². The number of hydrogen-bond acceptors (Lipinski definition) is 2. The maximum absolute atomic E-state index is 6.39. The predicted octanol–water partition coefficient (Wildman–Crippen LogP) is 5.30. The van der Waals surface area contributed by atoms with Crippen LogP contribution < -0.4 is 5.73 Å². The molecule has 0 aromatic heterocycles. The van der Waals surface area contributed by atoms with Crippen LogP contribution in [0.2, 0.25) is 0 Å². The van der Waals surface area contributed by atoms with Gasteiger partial charge in [0.25, 0.3) is 0 Å². The van der Waals surface area contributed by atoms with E-state index in [1.165, 1.54) is 21.6 Å². The summed E-state index contributed by atoms with van der Waals surface area (Å²) in [6.07, 6.45) is 0. The minimum atomic E-state index is 0.0559. The van der Waals surface area contributed by atoms with E-state index in [4.69, 9.17) is 5.73 Å². The molecule has 0 fully saturated rings. The van der Waals surface area contributed by atoms with Crippen LogP contribution in [0, 0.1) is 6.92 Å². The second-order valence-corrected chi connectivity index (χ2v) is 7.43. The van der Waals surface area contributed by atoms with Gasteiger partial charge in [-0.05, 0) is 36.1 Å². The average Bonchev–Trinajstić information content (AvgIpc) is 2.47. The standard InChI is InChI=1S/C19H25NS/c1-13(2)16-9-11-18(12-10-16)21-15(4)19(20)17-7-5-14(3)6-8-17/h5-13,15,19H,20H2,1-4H3. The van der Waals surface area contributed by atoms with Crippen LogP contribution in [-0.4, -0.2) is 5.25 Å². The molecule has 0 spiro atoms. The van der Waals surface area contributed by atoms with Gasteiger partial charge in [0.15, 0.2) is 0 Å². The van der Waals surface area contributed by atoms with E-state index < -0.39 is 0 Å². The summed E-state index contributed by atoms with van der Waals surface area (Å²) in [6.45, 7) is 8.74. The highest BCUT2D eigenvalue weighted by molar-refractivity contribution is 8.00. The summed E-state index contributed by atoms with van der Waals surface area (Å²) in [6, 6.07) is 17.4. The minimum Gasteiger partial charge on any atom is -0.323 e. The lowest BCUT2D eigenvalue weighted by Crippen LogP contribution is -2.20. The van der Waals surface area contributed by atoms with Crippen LogP contribution in [0.1, 0.15) is 49.4 Å². The monoisotopic (exact) mass is 299 g/mol. The third-order valence-electron chi connectivity index (χ3n) is 3.84. The number of rotatable bonds is 5. The lowest BCUT2D eigenvalue weighted by Gasteiger charge is -2.20. The van der Waals surface area contributed by atoms with Gasteiger partial charge in [-0.15, -0.1) is 11.8 Å². The van der Waals surface area contributed by atoms with Gasteiger partial charge in [-0.25, -0.2) is 0 Å². The first-order valence-electron chi connectivity index (χ1n) is 7.56. The zero-order valence-corrected chi connectivity index (χ0v) is 14.2. The number of hydrogen-bond donors (Lipinski definition) is 1. The second-order valence-electron chi connectivity index (χ2n) is 5.98. The summed E-state index contributed by atoms with van der Waals surface area (Å²) in [5.74, 6) is 0.580. The second kappa shape index (κ2) is 7.15. The van der Waals surface area contributed by atoms with Gasteiger partial charge in [0, 0.05) is 16.2 Å². The molecule has 0 saturated carbocycles. The van der Waals surface area contributed by atoms with E-state index in [9.17, 15) is 0 Å². The number of thioether (sulfide) groups is 1. The summed E-state index contributed by atoms with van der Waals surface area (Å²) < 4.78 is 0. The Kier molecular flexibility index (Phi) is 5.49. The van der Waals surface area contributed by atoms with E-state index in [1.54, 1.807) is 0 Å². The Morgan fingerprint density at radius 3 is 1.86 bits per heavy atom. The van der Waals surface area contributed by atoms with Crippen LogP contribution >= 0.6 is 11.8 Å². The first-order valence-corrected chi connectivity index (χ1v) is 8.44. The van der Waals surface area contributed by atoms with Crippen molar-refractivity contribution in [2.75, 3.05) is 0 Å². The molecule has 0 radical (unpaired) electrons. The molecule has 2 N–H and O–H groups in total. The molecule has 0 saturated heterocycles. The molecule has 2 aromatic carbocycles. The average molecular weight is 299 g/mol. The zero-order chi connectivity index (χ0) is 15.4. The topological polar surface area (TPSA) is 26.0 Å². The summed E-state index contributed by atoms with van der Waals surface area (Å²) in [7, 11) is 0. The molecule has 0 aliphatic heterocycles. The smallest absolute Gasteiger partial charge is 0.0416 e. The summed E-state index contributed by atoms with van der Waals surface area (Å²) in [5, 5.41) is 0.345. The molecule has 0 amide bonds. The van der Waals surface area contributed by atoms with Gasteiger partial charge in [0.05, 0.1) is 0 Å². The van der Waals surface area contributed by atoms with Crippen molar-refractivity contribution in [3.63, 3.8) is 0 Å². The van der Waals surface area contributed by atoms with Crippen LogP contribution in [0.3, 0.4) is 0 Å². The van der Waals surface area contributed by atoms with E-state index in [1.807, 2.05) is 11.8 Å². The SMILES string of the molecule is Cc1ccc(C(N)C(C)Sc2ccc(C(C)C)cc2)cc1. The van der Waals surface area contributed by atoms with Crippen molar-refractivity contribution in [3.8, 4) is 0 Å². The Hall–Kier alpha value is -1.25. The molecule has 2 heteroatoms. The van der Waals surface area contributed by atoms with Crippen molar-refractivity contribution in [2.24, 2.45) is 5.73 Å². The van der Waals surface area contributed by atoms with Crippen molar-refractivity contribution in [1.82, 2.24) is 0 Å². The Morgan fingerprint density at radius 1 is 0.810 bits per heavy atom. The van der Waals surface area contributed by atoms with E-state index in [2.05, 4.69) is 76.2 Å². The fraction of sp³-hybridized carbons (Fsp3) is 0.368. The lowest BCUT2D eigenvalue weighted by molar-refractivity contribution is 0.715. The molecular weight excluding hydrogens is 274 g/mol. The highest BCUT2D eigenvalue weighted by atomic mass is 32.2. The van der Waals surface area contributed by atoms with Crippen molar-refractivity contribution < 1.29 is 0 Å². The molecule has 2 atom stereocenters. The first-order chi connectivity index (χ1) is 9.97. The highest BCUT2D eigenvalue weighted by Gasteiger charge is 2.16. The fourth-order valence-corrected chi connectivity index (χ4v) is 3.31. The fourth-order valence-electron chi connectivity index (χ4n) is 2.28. The van der Waals surface area contributed by atoms with Gasteiger partial charge < -0.3 is 5.73 Å². The molecule has 0 heterocycles. The van der Waals surface area contributed by atoms with Crippen LogP contribution in [0.5, 0.6) is 0 Å². The summed E-state index contributed by atoms with van der Waals surface area (Å²) >= 11 is 1.85. The van der Waals surface area contributed by atoms with Crippen molar-refractivity contribution >= 4 is 11.8 Å². The zero-order valence-electron chi connectivity index (χ0n) is 13.3. The minimum absolute atomic E-state index is 0.0559.